The zero-order chi connectivity index (χ0) is 12.4. The summed E-state index contributed by atoms with van der Waals surface area (Å²) in [4.78, 5) is 12.8. The van der Waals surface area contributed by atoms with Crippen LogP contribution in [0.1, 0.15) is 0 Å². The molecule has 1 aromatic rings. The molecule has 6 heteroatoms. The number of aliphatic hydroxyl groups excluding tert-OH is 1. The van der Waals surface area contributed by atoms with E-state index in [0.717, 1.165) is 32.0 Å². The lowest BCUT2D eigenvalue weighted by atomic mass is 10.1. The Morgan fingerprint density at radius 3 is 2.67 bits per heavy atom. The van der Waals surface area contributed by atoms with Gasteiger partial charge in [0, 0.05) is 32.4 Å². The number of piperazine rings is 1. The van der Waals surface area contributed by atoms with Gasteiger partial charge in [-0.05, 0) is 6.07 Å². The van der Waals surface area contributed by atoms with Crippen LogP contribution in [0.3, 0.4) is 0 Å². The lowest BCUT2D eigenvalue weighted by Gasteiger charge is -2.38. The van der Waals surface area contributed by atoms with Crippen molar-refractivity contribution < 1.29 is 9.84 Å². The maximum atomic E-state index is 9.82. The van der Waals surface area contributed by atoms with Gasteiger partial charge in [-0.2, -0.15) is 0 Å². The second-order valence-corrected chi connectivity index (χ2v) is 4.76. The number of hydrogen-bond donors (Lipinski definition) is 1. The highest BCUT2D eigenvalue weighted by Gasteiger charge is 2.33. The quantitative estimate of drug-likeness (QED) is 0.753. The van der Waals surface area contributed by atoms with Crippen LogP contribution in [0.2, 0.25) is 0 Å². The maximum absolute atomic E-state index is 9.82. The summed E-state index contributed by atoms with van der Waals surface area (Å²) in [6, 6.07) is 2.10. The highest BCUT2D eigenvalue weighted by atomic mass is 16.5. The van der Waals surface area contributed by atoms with Gasteiger partial charge >= 0.3 is 0 Å². The number of aromatic nitrogens is 2. The first-order chi connectivity index (χ1) is 8.84. The van der Waals surface area contributed by atoms with Gasteiger partial charge in [0.1, 0.15) is 12.1 Å². The third-order valence-electron chi connectivity index (χ3n) is 3.69. The molecule has 0 spiro atoms. The molecule has 18 heavy (non-hydrogen) atoms. The Balaban J connectivity index is 1.58. The average Bonchev–Trinajstić information content (AvgIpc) is 2.86. The molecule has 6 nitrogen and oxygen atoms in total. The van der Waals surface area contributed by atoms with Crippen LogP contribution >= 0.6 is 0 Å². The van der Waals surface area contributed by atoms with Crippen molar-refractivity contribution in [1.29, 1.82) is 0 Å². The summed E-state index contributed by atoms with van der Waals surface area (Å²) in [5, 5.41) is 9.82. The molecule has 2 aliphatic rings. The molecule has 0 bridgehead atoms. The van der Waals surface area contributed by atoms with Gasteiger partial charge in [-0.25, -0.2) is 9.97 Å². The van der Waals surface area contributed by atoms with E-state index < -0.39 is 0 Å². The Kier molecular flexibility index (Phi) is 3.40. The van der Waals surface area contributed by atoms with Gasteiger partial charge < -0.3 is 14.7 Å². The largest absolute Gasteiger partial charge is 0.389 e. The molecule has 2 unspecified atom stereocenters. The van der Waals surface area contributed by atoms with Gasteiger partial charge in [0.05, 0.1) is 25.4 Å². The normalized spacial score (nSPS) is 29.7. The summed E-state index contributed by atoms with van der Waals surface area (Å²) >= 11 is 0. The standard InChI is InChI=1S/C12H18N4O2/c17-11-8-18-7-10(11)15-3-5-16(6-4-15)12-1-2-13-9-14-12/h1-2,9-11,17H,3-8H2. The van der Waals surface area contributed by atoms with Crippen LogP contribution in [0.4, 0.5) is 5.82 Å². The van der Waals surface area contributed by atoms with E-state index in [2.05, 4.69) is 19.8 Å². The molecule has 2 fully saturated rings. The van der Waals surface area contributed by atoms with Crippen molar-refractivity contribution >= 4 is 5.82 Å². The predicted octanol–water partition coefficient (Wildman–Crippen LogP) is -0.642. The van der Waals surface area contributed by atoms with E-state index in [4.69, 9.17) is 4.74 Å². The van der Waals surface area contributed by atoms with Crippen molar-refractivity contribution in [3.8, 4) is 0 Å². The number of anilines is 1. The Morgan fingerprint density at radius 2 is 2.06 bits per heavy atom. The predicted molar refractivity (Wildman–Crippen MR) is 66.4 cm³/mol. The van der Waals surface area contributed by atoms with Gasteiger partial charge in [0.2, 0.25) is 0 Å². The Bertz CT molecular complexity index is 381. The minimum absolute atomic E-state index is 0.164. The van der Waals surface area contributed by atoms with E-state index in [0.29, 0.717) is 13.2 Å². The fraction of sp³-hybridized carbons (Fsp3) is 0.667. The third-order valence-corrected chi connectivity index (χ3v) is 3.69. The SMILES string of the molecule is OC1COCC1N1CCN(c2ccncn2)CC1. The molecule has 1 aromatic heterocycles. The highest BCUT2D eigenvalue weighted by molar-refractivity contribution is 5.37. The van der Waals surface area contributed by atoms with Crippen molar-refractivity contribution in [2.75, 3.05) is 44.3 Å². The first-order valence-corrected chi connectivity index (χ1v) is 6.35. The first-order valence-electron chi connectivity index (χ1n) is 6.35. The maximum Gasteiger partial charge on any atom is 0.131 e. The molecule has 0 radical (unpaired) electrons. The van der Waals surface area contributed by atoms with Gasteiger partial charge in [0.25, 0.3) is 0 Å². The van der Waals surface area contributed by atoms with E-state index in [1.165, 1.54) is 0 Å². The topological polar surface area (TPSA) is 61.7 Å². The number of aliphatic hydroxyl groups is 1. The van der Waals surface area contributed by atoms with E-state index >= 15 is 0 Å². The van der Waals surface area contributed by atoms with Crippen molar-refractivity contribution in [1.82, 2.24) is 14.9 Å². The van der Waals surface area contributed by atoms with E-state index in [9.17, 15) is 5.11 Å². The minimum Gasteiger partial charge on any atom is -0.389 e. The van der Waals surface area contributed by atoms with E-state index in [-0.39, 0.29) is 12.1 Å². The molecule has 2 atom stereocenters. The van der Waals surface area contributed by atoms with Gasteiger partial charge in [0.15, 0.2) is 0 Å². The molecule has 2 aliphatic heterocycles. The lowest BCUT2D eigenvalue weighted by molar-refractivity contribution is 0.0784. The molecule has 3 heterocycles. The molecule has 0 saturated carbocycles. The molecule has 0 aromatic carbocycles. The summed E-state index contributed by atoms with van der Waals surface area (Å²) in [7, 11) is 0. The van der Waals surface area contributed by atoms with Crippen molar-refractivity contribution in [2.45, 2.75) is 12.1 Å². The molecular formula is C12H18N4O2. The van der Waals surface area contributed by atoms with Crippen LogP contribution < -0.4 is 4.90 Å². The zero-order valence-corrected chi connectivity index (χ0v) is 10.3. The fourth-order valence-corrected chi connectivity index (χ4v) is 2.63. The monoisotopic (exact) mass is 250 g/mol. The van der Waals surface area contributed by atoms with Crippen molar-refractivity contribution in [3.05, 3.63) is 18.6 Å². The third kappa shape index (κ3) is 2.31. The smallest absolute Gasteiger partial charge is 0.131 e. The number of nitrogens with zero attached hydrogens (tertiary/aromatic N) is 4. The molecule has 3 rings (SSSR count). The van der Waals surface area contributed by atoms with Gasteiger partial charge in [-0.3, -0.25) is 4.90 Å². The summed E-state index contributed by atoms with van der Waals surface area (Å²) in [6.45, 7) is 4.86. The molecular weight excluding hydrogens is 232 g/mol. The van der Waals surface area contributed by atoms with Gasteiger partial charge in [-0.15, -0.1) is 0 Å². The van der Waals surface area contributed by atoms with Crippen LogP contribution in [0, 0.1) is 0 Å². The van der Waals surface area contributed by atoms with E-state index in [1.54, 1.807) is 12.5 Å². The average molecular weight is 250 g/mol. The Hall–Kier alpha value is -1.24. The zero-order valence-electron chi connectivity index (χ0n) is 10.3. The molecule has 1 N–H and O–H groups in total. The van der Waals surface area contributed by atoms with Crippen LogP contribution in [0.5, 0.6) is 0 Å². The summed E-state index contributed by atoms with van der Waals surface area (Å²) in [5.41, 5.74) is 0. The molecule has 0 amide bonds. The molecule has 2 saturated heterocycles. The van der Waals surface area contributed by atoms with Crippen LogP contribution in [-0.2, 0) is 4.74 Å². The minimum atomic E-state index is -0.337. The second kappa shape index (κ2) is 5.17. The first kappa shape index (κ1) is 11.8. The van der Waals surface area contributed by atoms with Crippen LogP contribution in [-0.4, -0.2) is 71.5 Å². The van der Waals surface area contributed by atoms with Crippen molar-refractivity contribution in [3.63, 3.8) is 0 Å². The fourth-order valence-electron chi connectivity index (χ4n) is 2.63. The van der Waals surface area contributed by atoms with Gasteiger partial charge in [-0.1, -0.05) is 0 Å². The summed E-state index contributed by atoms with van der Waals surface area (Å²) in [6.07, 6.45) is 3.01. The number of hydrogen-bond acceptors (Lipinski definition) is 6. The molecule has 0 aliphatic carbocycles. The lowest BCUT2D eigenvalue weighted by Crippen LogP contribution is -2.53. The summed E-state index contributed by atoms with van der Waals surface area (Å²) in [5.74, 6) is 0.980. The molecule has 98 valence electrons. The Labute approximate surface area is 106 Å². The van der Waals surface area contributed by atoms with Crippen LogP contribution in [0.15, 0.2) is 18.6 Å². The number of rotatable bonds is 2. The highest BCUT2D eigenvalue weighted by Crippen LogP contribution is 2.18. The number of ether oxygens (including phenoxy) is 1. The van der Waals surface area contributed by atoms with E-state index in [1.807, 2.05) is 6.07 Å². The van der Waals surface area contributed by atoms with Crippen LogP contribution in [0.25, 0.3) is 0 Å². The van der Waals surface area contributed by atoms with Crippen molar-refractivity contribution in [2.24, 2.45) is 0 Å². The summed E-state index contributed by atoms with van der Waals surface area (Å²) < 4.78 is 5.31. The Morgan fingerprint density at radius 1 is 1.22 bits per heavy atom. The second-order valence-electron chi connectivity index (χ2n) is 4.76.